The van der Waals surface area contributed by atoms with E-state index >= 15 is 0 Å². The monoisotopic (exact) mass is 441 g/mol. The second-order valence-electron chi connectivity index (χ2n) is 5.59. The van der Waals surface area contributed by atoms with Gasteiger partial charge >= 0.3 is 0 Å². The Kier molecular flexibility index (Phi) is 13.4. The predicted molar refractivity (Wildman–Crippen MR) is 105 cm³/mol. The summed E-state index contributed by atoms with van der Waals surface area (Å²) in [6, 6.07) is 0. The lowest BCUT2D eigenvalue weighted by Crippen LogP contribution is -2.43. The minimum absolute atomic E-state index is 0. The third-order valence-electron chi connectivity index (χ3n) is 3.38. The smallest absolute Gasteiger partial charge is 0.222 e. The molecule has 23 heavy (non-hydrogen) atoms. The number of aliphatic imine (C=N–C) groups is 1. The number of ether oxygens (including phenoxy) is 1. The molecule has 1 rings (SSSR count). The van der Waals surface area contributed by atoms with Crippen molar-refractivity contribution in [2.75, 3.05) is 59.0 Å². The van der Waals surface area contributed by atoms with Crippen LogP contribution in [0.25, 0.3) is 0 Å². The van der Waals surface area contributed by atoms with Crippen molar-refractivity contribution in [1.82, 2.24) is 20.9 Å². The zero-order valence-electron chi connectivity index (χ0n) is 14.6. The summed E-state index contributed by atoms with van der Waals surface area (Å²) < 4.78 is 5.33. The van der Waals surface area contributed by atoms with Crippen LogP contribution in [0.3, 0.4) is 0 Å². The van der Waals surface area contributed by atoms with Gasteiger partial charge in [0.1, 0.15) is 0 Å². The third kappa shape index (κ3) is 10.7. The van der Waals surface area contributed by atoms with Gasteiger partial charge < -0.3 is 20.7 Å². The molecule has 1 fully saturated rings. The molecule has 0 aromatic heterocycles. The molecule has 8 heteroatoms. The van der Waals surface area contributed by atoms with E-state index in [4.69, 9.17) is 4.74 Å². The third-order valence-corrected chi connectivity index (χ3v) is 3.38. The number of carbonyl (C=O) groups excluding carboxylic acids is 1. The minimum atomic E-state index is 0. The molecule has 0 saturated carbocycles. The Hall–Kier alpha value is -0.610. The second kappa shape index (κ2) is 13.8. The standard InChI is InChI=1S/C15H31N5O2.HI/c1-4-16-15(18-6-5-17-14(21)13(2)3)19-7-8-20-9-11-22-12-10-20;/h13H,4-12H2,1-3H3,(H,17,21)(H2,16,18,19);1H. The second-order valence-corrected chi connectivity index (χ2v) is 5.59. The van der Waals surface area contributed by atoms with Crippen LogP contribution in [0.5, 0.6) is 0 Å². The highest BCUT2D eigenvalue weighted by Crippen LogP contribution is 1.95. The summed E-state index contributed by atoms with van der Waals surface area (Å²) >= 11 is 0. The number of rotatable bonds is 8. The maximum absolute atomic E-state index is 11.5. The first-order valence-corrected chi connectivity index (χ1v) is 8.23. The number of hydrogen-bond acceptors (Lipinski definition) is 4. The minimum Gasteiger partial charge on any atom is -0.379 e. The SMILES string of the molecule is CCNC(=NCCN1CCOCC1)NCCNC(=O)C(C)C.I. The molecular weight excluding hydrogens is 409 g/mol. The molecule has 0 spiro atoms. The number of halogens is 1. The average molecular weight is 441 g/mol. The fourth-order valence-corrected chi connectivity index (χ4v) is 2.04. The van der Waals surface area contributed by atoms with Crippen molar-refractivity contribution >= 4 is 35.8 Å². The van der Waals surface area contributed by atoms with Gasteiger partial charge in [0.15, 0.2) is 5.96 Å². The van der Waals surface area contributed by atoms with Gasteiger partial charge in [-0.2, -0.15) is 0 Å². The number of amides is 1. The normalized spacial score (nSPS) is 15.9. The lowest BCUT2D eigenvalue weighted by atomic mass is 10.2. The van der Waals surface area contributed by atoms with Crippen LogP contribution in [0.15, 0.2) is 4.99 Å². The Morgan fingerprint density at radius 3 is 2.43 bits per heavy atom. The van der Waals surface area contributed by atoms with Gasteiger partial charge in [-0.15, -0.1) is 24.0 Å². The quantitative estimate of drug-likeness (QED) is 0.218. The number of guanidine groups is 1. The van der Waals surface area contributed by atoms with E-state index in [0.717, 1.165) is 51.9 Å². The topological polar surface area (TPSA) is 78.0 Å². The van der Waals surface area contributed by atoms with Gasteiger partial charge in [-0.1, -0.05) is 13.8 Å². The molecule has 1 amide bonds. The molecule has 0 bridgehead atoms. The Morgan fingerprint density at radius 1 is 1.17 bits per heavy atom. The average Bonchev–Trinajstić information content (AvgIpc) is 2.52. The first-order valence-electron chi connectivity index (χ1n) is 8.23. The highest BCUT2D eigenvalue weighted by Gasteiger charge is 2.09. The summed E-state index contributed by atoms with van der Waals surface area (Å²) in [7, 11) is 0. The highest BCUT2D eigenvalue weighted by atomic mass is 127. The molecule has 0 aromatic carbocycles. The molecule has 136 valence electrons. The molecule has 1 aliphatic rings. The molecule has 1 heterocycles. The maximum Gasteiger partial charge on any atom is 0.222 e. The van der Waals surface area contributed by atoms with Gasteiger partial charge in [-0.05, 0) is 6.92 Å². The van der Waals surface area contributed by atoms with E-state index in [9.17, 15) is 4.79 Å². The molecule has 0 aromatic rings. The lowest BCUT2D eigenvalue weighted by Gasteiger charge is -2.25. The molecule has 1 saturated heterocycles. The number of carbonyl (C=O) groups is 1. The number of nitrogens with zero attached hydrogens (tertiary/aromatic N) is 2. The van der Waals surface area contributed by atoms with Gasteiger partial charge in [0.05, 0.1) is 19.8 Å². The van der Waals surface area contributed by atoms with Crippen LogP contribution in [-0.2, 0) is 9.53 Å². The van der Waals surface area contributed by atoms with Gasteiger partial charge in [-0.3, -0.25) is 14.7 Å². The van der Waals surface area contributed by atoms with Crippen molar-refractivity contribution in [2.24, 2.45) is 10.9 Å². The number of morpholine rings is 1. The Bertz CT molecular complexity index is 347. The van der Waals surface area contributed by atoms with Gasteiger partial charge in [0.2, 0.25) is 5.91 Å². The van der Waals surface area contributed by atoms with Crippen molar-refractivity contribution < 1.29 is 9.53 Å². The largest absolute Gasteiger partial charge is 0.379 e. The number of hydrogen-bond donors (Lipinski definition) is 3. The van der Waals surface area contributed by atoms with Crippen LogP contribution in [-0.4, -0.2) is 75.8 Å². The van der Waals surface area contributed by atoms with Crippen molar-refractivity contribution in [1.29, 1.82) is 0 Å². The first-order chi connectivity index (χ1) is 10.6. The van der Waals surface area contributed by atoms with Crippen LogP contribution in [0.4, 0.5) is 0 Å². The molecule has 1 aliphatic heterocycles. The van der Waals surface area contributed by atoms with Crippen molar-refractivity contribution in [3.8, 4) is 0 Å². The van der Waals surface area contributed by atoms with Crippen LogP contribution >= 0.6 is 24.0 Å². The van der Waals surface area contributed by atoms with Crippen molar-refractivity contribution in [3.05, 3.63) is 0 Å². The van der Waals surface area contributed by atoms with Crippen LogP contribution in [0.2, 0.25) is 0 Å². The fourth-order valence-electron chi connectivity index (χ4n) is 2.04. The molecule has 0 aliphatic carbocycles. The summed E-state index contributed by atoms with van der Waals surface area (Å²) in [5.41, 5.74) is 0. The Labute approximate surface area is 157 Å². The zero-order valence-corrected chi connectivity index (χ0v) is 16.9. The summed E-state index contributed by atoms with van der Waals surface area (Å²) in [5.74, 6) is 0.904. The van der Waals surface area contributed by atoms with E-state index in [1.54, 1.807) is 0 Å². The molecule has 0 unspecified atom stereocenters. The van der Waals surface area contributed by atoms with Crippen LogP contribution in [0.1, 0.15) is 20.8 Å². The van der Waals surface area contributed by atoms with Gasteiger partial charge in [0.25, 0.3) is 0 Å². The first kappa shape index (κ1) is 22.4. The van der Waals surface area contributed by atoms with E-state index in [-0.39, 0.29) is 35.8 Å². The van der Waals surface area contributed by atoms with Gasteiger partial charge in [0, 0.05) is 45.2 Å². The van der Waals surface area contributed by atoms with E-state index in [2.05, 4.69) is 25.8 Å². The zero-order chi connectivity index (χ0) is 16.2. The number of nitrogens with one attached hydrogen (secondary N) is 3. The van der Waals surface area contributed by atoms with Gasteiger partial charge in [-0.25, -0.2) is 0 Å². The van der Waals surface area contributed by atoms with Crippen molar-refractivity contribution in [2.45, 2.75) is 20.8 Å². The van der Waals surface area contributed by atoms with Crippen LogP contribution < -0.4 is 16.0 Å². The summed E-state index contributed by atoms with van der Waals surface area (Å²) in [5, 5.41) is 9.33. The summed E-state index contributed by atoms with van der Waals surface area (Å²) in [4.78, 5) is 18.4. The van der Waals surface area contributed by atoms with E-state index in [1.165, 1.54) is 0 Å². The van der Waals surface area contributed by atoms with E-state index in [1.807, 2.05) is 20.8 Å². The van der Waals surface area contributed by atoms with Crippen LogP contribution in [0, 0.1) is 5.92 Å². The van der Waals surface area contributed by atoms with E-state index in [0.29, 0.717) is 13.1 Å². The Morgan fingerprint density at radius 2 is 1.83 bits per heavy atom. The van der Waals surface area contributed by atoms with E-state index < -0.39 is 0 Å². The molecular formula is C15H32IN5O2. The molecule has 3 N–H and O–H groups in total. The maximum atomic E-state index is 11.5. The molecule has 7 nitrogen and oxygen atoms in total. The molecule has 0 atom stereocenters. The summed E-state index contributed by atoms with van der Waals surface area (Å²) in [6.45, 7) is 13.2. The summed E-state index contributed by atoms with van der Waals surface area (Å²) in [6.07, 6.45) is 0. The Balaban J connectivity index is 0.00000484. The lowest BCUT2D eigenvalue weighted by molar-refractivity contribution is -0.123. The fraction of sp³-hybridized carbons (Fsp3) is 0.867. The van der Waals surface area contributed by atoms with Crippen molar-refractivity contribution in [3.63, 3.8) is 0 Å². The predicted octanol–water partition coefficient (Wildman–Crippen LogP) is 0.264. The molecule has 0 radical (unpaired) electrons. The highest BCUT2D eigenvalue weighted by molar-refractivity contribution is 14.0.